The van der Waals surface area contributed by atoms with Crippen molar-refractivity contribution in [1.29, 1.82) is 0 Å². The molecule has 2 aliphatic heterocycles. The molecule has 1 saturated heterocycles. The van der Waals surface area contributed by atoms with Crippen molar-refractivity contribution in [2.75, 3.05) is 17.3 Å². The Hall–Kier alpha value is -4.24. The van der Waals surface area contributed by atoms with Crippen LogP contribution in [-0.4, -0.2) is 43.1 Å². The van der Waals surface area contributed by atoms with Crippen molar-refractivity contribution in [3.63, 3.8) is 0 Å². The molecule has 0 saturated carbocycles. The van der Waals surface area contributed by atoms with Crippen LogP contribution in [0.4, 0.5) is 11.4 Å². The number of amides is 3. The summed E-state index contributed by atoms with van der Waals surface area (Å²) in [6.07, 6.45) is 0. The van der Waals surface area contributed by atoms with Crippen molar-refractivity contribution in [1.82, 2.24) is 4.57 Å². The van der Waals surface area contributed by atoms with E-state index in [1.165, 1.54) is 33.7 Å². The number of hydrogen-bond donors (Lipinski definition) is 2. The maximum atomic E-state index is 14.0. The van der Waals surface area contributed by atoms with Gasteiger partial charge in [0.15, 0.2) is 0 Å². The van der Waals surface area contributed by atoms with E-state index >= 15 is 0 Å². The molecular weight excluding hydrogens is 625 g/mol. The molecule has 3 heterocycles. The Balaban J connectivity index is 1.37. The van der Waals surface area contributed by atoms with Crippen molar-refractivity contribution < 1.29 is 27.5 Å². The predicted octanol–water partition coefficient (Wildman–Crippen LogP) is 3.31. The monoisotopic (exact) mass is 650 g/mol. The van der Waals surface area contributed by atoms with Crippen LogP contribution < -0.4 is 25.0 Å². The molecule has 3 atom stereocenters. The summed E-state index contributed by atoms with van der Waals surface area (Å²) in [4.78, 5) is 55.5. The van der Waals surface area contributed by atoms with Crippen molar-refractivity contribution >= 4 is 62.2 Å². The van der Waals surface area contributed by atoms with Gasteiger partial charge < -0.3 is 10.1 Å². The van der Waals surface area contributed by atoms with Gasteiger partial charge in [0.1, 0.15) is 17.5 Å². The number of aryl methyl sites for hydroxylation is 1. The van der Waals surface area contributed by atoms with Crippen molar-refractivity contribution in [3.8, 4) is 5.75 Å². The molecule has 0 spiro atoms. The molecule has 44 heavy (non-hydrogen) atoms. The zero-order valence-corrected chi connectivity index (χ0v) is 25.9. The Morgan fingerprint density at radius 2 is 1.61 bits per heavy atom. The van der Waals surface area contributed by atoms with Gasteiger partial charge in [0.25, 0.3) is 0 Å². The van der Waals surface area contributed by atoms with Crippen molar-refractivity contribution in [2.24, 2.45) is 11.1 Å². The Morgan fingerprint density at radius 1 is 0.955 bits per heavy atom. The molecule has 0 aliphatic carbocycles. The van der Waals surface area contributed by atoms with Crippen LogP contribution in [0.3, 0.4) is 0 Å². The second-order valence-electron chi connectivity index (χ2n) is 10.4. The molecule has 2 aliphatic rings. The number of imide groups is 1. The van der Waals surface area contributed by atoms with E-state index in [0.29, 0.717) is 27.0 Å². The van der Waals surface area contributed by atoms with Gasteiger partial charge in [0, 0.05) is 16.5 Å². The molecule has 1 fully saturated rings. The lowest BCUT2D eigenvalue weighted by Crippen LogP contribution is -2.33. The summed E-state index contributed by atoms with van der Waals surface area (Å²) in [5.41, 5.74) is 2.51. The van der Waals surface area contributed by atoms with Crippen LogP contribution in [0.2, 0.25) is 0 Å². The normalized spacial score (nSPS) is 19.4. The third kappa shape index (κ3) is 5.34. The number of sulfonamides is 1. The van der Waals surface area contributed by atoms with Gasteiger partial charge in [0.2, 0.25) is 27.7 Å². The summed E-state index contributed by atoms with van der Waals surface area (Å²) < 4.78 is 29.7. The van der Waals surface area contributed by atoms with Gasteiger partial charge in [-0.1, -0.05) is 52.9 Å². The number of primary sulfonamides is 1. The summed E-state index contributed by atoms with van der Waals surface area (Å²) in [5.74, 6) is -2.03. The molecule has 0 radical (unpaired) electrons. The maximum Gasteiger partial charge on any atom is 0.308 e. The fourth-order valence-electron chi connectivity index (χ4n) is 5.45. The number of nitrogens with two attached hydrogens (primary N) is 1. The van der Waals surface area contributed by atoms with E-state index in [9.17, 15) is 27.6 Å². The molecule has 14 heteroatoms. The highest BCUT2D eigenvalue weighted by molar-refractivity contribution is 8.00. The number of fused-ring (bicyclic) bond motifs is 2. The Bertz CT molecular complexity index is 1950. The topological polar surface area (TPSA) is 158 Å². The smallest absolute Gasteiger partial charge is 0.308 e. The fourth-order valence-corrected chi connectivity index (χ4v) is 8.73. The summed E-state index contributed by atoms with van der Waals surface area (Å²) in [5, 5.41) is 7.43. The van der Waals surface area contributed by atoms with Crippen molar-refractivity contribution in [2.45, 2.75) is 34.6 Å². The largest absolute Gasteiger partial charge is 0.497 e. The zero-order chi connectivity index (χ0) is 31.3. The summed E-state index contributed by atoms with van der Waals surface area (Å²) in [6, 6.07) is 19.6. The Labute approximate surface area is 260 Å². The molecule has 11 nitrogen and oxygen atoms in total. The van der Waals surface area contributed by atoms with E-state index in [1.807, 2.05) is 31.2 Å². The fraction of sp³-hybridized carbons (Fsp3) is 0.200. The minimum atomic E-state index is -3.90. The number of carbonyl (C=O) groups excluding carboxylic acids is 3. The highest BCUT2D eigenvalue weighted by Gasteiger charge is 2.56. The third-order valence-corrected chi connectivity index (χ3v) is 11.1. The number of aromatic nitrogens is 1. The molecule has 0 bridgehead atoms. The van der Waals surface area contributed by atoms with E-state index in [-0.39, 0.29) is 23.3 Å². The number of benzene rings is 3. The number of nitrogens with zero attached hydrogens (tertiary/aromatic N) is 2. The lowest BCUT2D eigenvalue weighted by Gasteiger charge is -2.30. The van der Waals surface area contributed by atoms with Crippen LogP contribution in [0.5, 0.6) is 5.75 Å². The first kappa shape index (κ1) is 29.8. The van der Waals surface area contributed by atoms with Crippen LogP contribution in [0.25, 0.3) is 0 Å². The van der Waals surface area contributed by atoms with Crippen molar-refractivity contribution in [3.05, 3.63) is 98.5 Å². The van der Waals surface area contributed by atoms with E-state index in [1.54, 1.807) is 31.4 Å². The zero-order valence-electron chi connectivity index (χ0n) is 23.4. The molecule has 226 valence electrons. The Kier molecular flexibility index (Phi) is 7.70. The summed E-state index contributed by atoms with van der Waals surface area (Å²) in [7, 11) is -2.35. The molecule has 1 aromatic heterocycles. The molecule has 3 aromatic carbocycles. The molecular formula is C30H26N4O7S3. The number of ether oxygens (including phenoxy) is 1. The predicted molar refractivity (Wildman–Crippen MR) is 167 cm³/mol. The van der Waals surface area contributed by atoms with E-state index < -0.39 is 37.9 Å². The molecule has 3 N–H and O–H groups in total. The lowest BCUT2D eigenvalue weighted by molar-refractivity contribution is -0.122. The van der Waals surface area contributed by atoms with E-state index in [4.69, 9.17) is 9.88 Å². The van der Waals surface area contributed by atoms with Gasteiger partial charge in [-0.05, 0) is 61.0 Å². The minimum absolute atomic E-state index is 0.107. The SMILES string of the molecule is COc1ccc([C@H]2c3sc(=O)n(CC(=O)Nc4ccc(S(N)(=O)=O)cc4)c3SC3C(=O)N(c4ccc(C)cc4)C(=O)C32)cc1. The molecule has 6 rings (SSSR count). The minimum Gasteiger partial charge on any atom is -0.497 e. The first-order valence-corrected chi connectivity index (χ1v) is 16.6. The average Bonchev–Trinajstić information content (AvgIpc) is 3.43. The second-order valence-corrected chi connectivity index (χ2v) is 14.1. The quantitative estimate of drug-likeness (QED) is 0.289. The number of hydrogen-bond acceptors (Lipinski definition) is 9. The number of carbonyl (C=O) groups is 3. The number of methoxy groups -OCH3 is 1. The number of nitrogens with one attached hydrogen (secondary N) is 1. The summed E-state index contributed by atoms with van der Waals surface area (Å²) in [6.45, 7) is 1.56. The van der Waals surface area contributed by atoms with Gasteiger partial charge in [-0.15, -0.1) is 0 Å². The van der Waals surface area contributed by atoms with Crippen LogP contribution in [0.1, 0.15) is 21.9 Å². The maximum absolute atomic E-state index is 14.0. The first-order chi connectivity index (χ1) is 21.0. The van der Waals surface area contributed by atoms with Crippen LogP contribution in [0.15, 0.2) is 87.5 Å². The van der Waals surface area contributed by atoms with E-state index in [2.05, 4.69) is 5.32 Å². The highest BCUT2D eigenvalue weighted by Crippen LogP contribution is 2.54. The highest BCUT2D eigenvalue weighted by atomic mass is 32.2. The Morgan fingerprint density at radius 3 is 2.23 bits per heavy atom. The number of anilines is 2. The lowest BCUT2D eigenvalue weighted by atomic mass is 9.83. The number of thioether (sulfide) groups is 1. The standard InChI is InChI=1S/C30H26N4O7S3/c1-16-3-9-19(10-4-16)34-27(36)24-23(17-5-11-20(41-2)12-6-17)26-29(42-25(24)28(34)37)33(30(38)43-26)15-22(35)32-18-7-13-21(14-8-18)44(31,39)40/h3-14,23-25H,15H2,1-2H3,(H,32,35)(H2,31,39,40)/t23-,24?,25?/m1/s1. The van der Waals surface area contributed by atoms with Crippen LogP contribution in [-0.2, 0) is 31.0 Å². The van der Waals surface area contributed by atoms with E-state index in [0.717, 1.165) is 34.2 Å². The molecule has 3 amide bonds. The molecule has 2 unspecified atom stereocenters. The average molecular weight is 651 g/mol. The molecule has 4 aromatic rings. The van der Waals surface area contributed by atoms with Gasteiger partial charge in [-0.25, -0.2) is 18.5 Å². The first-order valence-electron chi connectivity index (χ1n) is 13.4. The number of rotatable bonds is 7. The van der Waals surface area contributed by atoms with Crippen LogP contribution >= 0.6 is 23.1 Å². The third-order valence-electron chi connectivity index (χ3n) is 7.58. The second kappa shape index (κ2) is 11.4. The van der Waals surface area contributed by atoms with Gasteiger partial charge >= 0.3 is 4.87 Å². The van der Waals surface area contributed by atoms with Gasteiger partial charge in [-0.3, -0.25) is 23.7 Å². The summed E-state index contributed by atoms with van der Waals surface area (Å²) >= 11 is 2.07. The number of thiazole rings is 1. The van der Waals surface area contributed by atoms with Gasteiger partial charge in [0.05, 0.1) is 28.6 Å². The van der Waals surface area contributed by atoms with Crippen LogP contribution in [0, 0.1) is 12.8 Å². The van der Waals surface area contributed by atoms with Gasteiger partial charge in [-0.2, -0.15) is 0 Å².